The highest BCUT2D eigenvalue weighted by atomic mass is 31.2. The number of nitrogens with one attached hydrogen (secondary N) is 1. The first-order valence-electron chi connectivity index (χ1n) is 12.0. The average molecular weight is 943 g/mol. The molecule has 0 saturated heterocycles. The van der Waals surface area contributed by atoms with Crippen molar-refractivity contribution in [2.24, 2.45) is 0 Å². The van der Waals surface area contributed by atoms with Crippen LogP contribution in [-0.2, 0) is 4.57 Å². The summed E-state index contributed by atoms with van der Waals surface area (Å²) in [6, 6.07) is 0. The van der Waals surface area contributed by atoms with Crippen molar-refractivity contribution < 1.29 is 160 Å². The Morgan fingerprint density at radius 3 is 0.607 bits per heavy atom. The highest BCUT2D eigenvalue weighted by Crippen LogP contribution is 2.63. The summed E-state index contributed by atoms with van der Waals surface area (Å²) in [6.45, 7) is 0. The SMILES string of the molecule is FC(F)C(F)C(F)(F)C(F)(F)C(F)(F)C(F)(F)C(F)(F)C(F)(F)C(F)NC(F)C(F)(F)C(F)(F)C(F)(F)C(F)(F)C(F)(F)C(F)(F)C(F)C(F)F.O=P(O)(O)O. The van der Waals surface area contributed by atoms with Crippen molar-refractivity contribution >= 4 is 7.82 Å². The smallest absolute Gasteiger partial charge is 0.303 e. The van der Waals surface area contributed by atoms with Gasteiger partial charge in [0.2, 0.25) is 24.9 Å². The van der Waals surface area contributed by atoms with E-state index in [0.717, 1.165) is 0 Å². The molecule has 0 bridgehead atoms. The molecule has 0 aromatic heterocycles. The van der Waals surface area contributed by atoms with Crippen LogP contribution < -0.4 is 5.32 Å². The number of hydrogen-bond donors (Lipinski definition) is 4. The number of halogens is 32. The second kappa shape index (κ2) is 15.8. The molecule has 0 amide bonds. The molecule has 0 rings (SSSR count). The number of rotatable bonds is 18. The lowest BCUT2D eigenvalue weighted by atomic mass is 9.89. The maximum atomic E-state index is 13.7. The van der Waals surface area contributed by atoms with E-state index in [9.17, 15) is 140 Å². The Labute approximate surface area is 283 Å². The summed E-state index contributed by atoms with van der Waals surface area (Å²) in [5.41, 5.74) is 0. The van der Waals surface area contributed by atoms with Crippen LogP contribution in [-0.4, -0.2) is 124 Å². The summed E-state index contributed by atoms with van der Waals surface area (Å²) in [7, 11) is -4.64. The van der Waals surface area contributed by atoms with Gasteiger partial charge in [0.05, 0.1) is 0 Å². The van der Waals surface area contributed by atoms with Crippen LogP contribution >= 0.6 is 7.82 Å². The first-order valence-corrected chi connectivity index (χ1v) is 13.5. The average Bonchev–Trinajstić information content (AvgIpc) is 2.97. The first-order chi connectivity index (χ1) is 23.8. The summed E-state index contributed by atoms with van der Waals surface area (Å²) < 4.78 is 434. The van der Waals surface area contributed by atoms with E-state index in [1.165, 1.54) is 0 Å². The van der Waals surface area contributed by atoms with Gasteiger partial charge in [0, 0.05) is 0 Å². The lowest BCUT2D eigenvalue weighted by Gasteiger charge is -2.43. The van der Waals surface area contributed by atoms with Crippen LogP contribution in [0, 0.1) is 0 Å². The zero-order valence-corrected chi connectivity index (χ0v) is 25.2. The molecule has 0 aromatic rings. The van der Waals surface area contributed by atoms with E-state index >= 15 is 0 Å². The molecule has 0 aliphatic heterocycles. The van der Waals surface area contributed by atoms with Gasteiger partial charge in [-0.3, -0.25) is 0 Å². The zero-order chi connectivity index (χ0) is 46.7. The molecule has 340 valence electrons. The summed E-state index contributed by atoms with van der Waals surface area (Å²) in [5, 5.41) is -1.62. The van der Waals surface area contributed by atoms with Gasteiger partial charge in [-0.15, -0.1) is 0 Å². The highest BCUT2D eigenvalue weighted by molar-refractivity contribution is 7.45. The van der Waals surface area contributed by atoms with Crippen molar-refractivity contribution in [1.82, 2.24) is 5.32 Å². The summed E-state index contributed by atoms with van der Waals surface area (Å²) in [5.74, 6) is -105. The van der Waals surface area contributed by atoms with Crippen LogP contribution in [0.5, 0.6) is 0 Å². The Kier molecular flexibility index (Phi) is 15.8. The molecule has 4 N–H and O–H groups in total. The number of hydrogen-bond acceptors (Lipinski definition) is 2. The molecule has 0 heterocycles. The molecule has 4 unspecified atom stereocenters. The minimum Gasteiger partial charge on any atom is -0.303 e. The van der Waals surface area contributed by atoms with Gasteiger partial charge in [-0.05, 0) is 0 Å². The highest BCUT2D eigenvalue weighted by Gasteiger charge is 2.94. The molecule has 56 heavy (non-hydrogen) atoms. The monoisotopic (exact) mass is 943 g/mol. The molecule has 0 radical (unpaired) electrons. The third-order valence-electron chi connectivity index (χ3n) is 6.10. The van der Waals surface area contributed by atoms with Gasteiger partial charge in [-0.2, -0.15) is 105 Å². The molecule has 0 aromatic carbocycles. The molecule has 5 nitrogen and oxygen atoms in total. The predicted molar refractivity (Wildman–Crippen MR) is 108 cm³/mol. The largest absolute Gasteiger partial charge is 0.466 e. The molecular formula is C18H10F32NO4P. The van der Waals surface area contributed by atoms with Crippen molar-refractivity contribution in [2.45, 2.75) is 109 Å². The Morgan fingerprint density at radius 1 is 0.321 bits per heavy atom. The Hall–Kier alpha value is -2.17. The van der Waals surface area contributed by atoms with Gasteiger partial charge in [0.25, 0.3) is 12.9 Å². The van der Waals surface area contributed by atoms with Crippen LogP contribution in [0.4, 0.5) is 140 Å². The Bertz CT molecular complexity index is 1260. The van der Waals surface area contributed by atoms with Crippen molar-refractivity contribution in [3.05, 3.63) is 0 Å². The number of phosphoric acid groups is 1. The van der Waals surface area contributed by atoms with Crippen molar-refractivity contribution in [2.75, 3.05) is 0 Å². The maximum Gasteiger partial charge on any atom is 0.466 e. The van der Waals surface area contributed by atoms with E-state index < -0.39 is 122 Å². The molecule has 4 atom stereocenters. The molecule has 0 aliphatic rings. The van der Waals surface area contributed by atoms with Crippen molar-refractivity contribution in [3.63, 3.8) is 0 Å². The summed E-state index contributed by atoms with van der Waals surface area (Å²) >= 11 is 0. The van der Waals surface area contributed by atoms with E-state index in [4.69, 9.17) is 19.2 Å². The molecule has 0 fully saturated rings. The molecular weight excluding hydrogens is 933 g/mol. The minimum absolute atomic E-state index is 1.62. The quantitative estimate of drug-likeness (QED) is 0.0626. The lowest BCUT2D eigenvalue weighted by Crippen LogP contribution is -2.75. The van der Waals surface area contributed by atoms with Crippen LogP contribution in [0.25, 0.3) is 0 Å². The van der Waals surface area contributed by atoms with Gasteiger partial charge in [-0.1, -0.05) is 0 Å². The van der Waals surface area contributed by atoms with E-state index in [0.29, 0.717) is 0 Å². The van der Waals surface area contributed by atoms with Crippen molar-refractivity contribution in [1.29, 1.82) is 0 Å². The minimum atomic E-state index is -9.18. The fourth-order valence-corrected chi connectivity index (χ4v) is 2.94. The normalized spacial score (nSPS) is 18.1. The van der Waals surface area contributed by atoms with Gasteiger partial charge < -0.3 is 14.7 Å². The van der Waals surface area contributed by atoms with Crippen molar-refractivity contribution in [3.8, 4) is 0 Å². The molecule has 0 spiro atoms. The third kappa shape index (κ3) is 8.73. The predicted octanol–water partition coefficient (Wildman–Crippen LogP) is 9.07. The van der Waals surface area contributed by atoms with Crippen LogP contribution in [0.3, 0.4) is 0 Å². The fourth-order valence-electron chi connectivity index (χ4n) is 2.94. The zero-order valence-electron chi connectivity index (χ0n) is 24.3. The van der Waals surface area contributed by atoms with Gasteiger partial charge >= 0.3 is 78.9 Å². The molecule has 0 aliphatic carbocycles. The Balaban J connectivity index is 0. The van der Waals surface area contributed by atoms with Gasteiger partial charge in [0.15, 0.2) is 0 Å². The standard InChI is InChI=1S/C18H7F32N.H3O4P/c19-1(3(21)22)7(27,28)11(35,36)15(43,44)17(47,48)13(39,40)9(31,32)5(25)51-6(26)10(33,34)14(41,42)18(49,50)16(45,46)12(37,38)8(29,30)2(20)4(23)24;1-5(2,3)4/h1-6,51H;(H3,1,2,3,4). The van der Waals surface area contributed by atoms with Gasteiger partial charge in [-0.25, -0.2) is 45.0 Å². The molecule has 38 heteroatoms. The summed E-state index contributed by atoms with van der Waals surface area (Å²) in [6.07, 6.45) is -36.8. The second-order valence-corrected chi connectivity index (χ2v) is 11.0. The van der Waals surface area contributed by atoms with Crippen LogP contribution in [0.15, 0.2) is 0 Å². The van der Waals surface area contributed by atoms with Crippen LogP contribution in [0.2, 0.25) is 0 Å². The van der Waals surface area contributed by atoms with E-state index in [1.807, 2.05) is 0 Å². The van der Waals surface area contributed by atoms with E-state index in [1.54, 1.807) is 0 Å². The third-order valence-corrected chi connectivity index (χ3v) is 6.10. The lowest BCUT2D eigenvalue weighted by molar-refractivity contribution is -0.439. The molecule has 0 saturated carbocycles. The Morgan fingerprint density at radius 2 is 0.464 bits per heavy atom. The van der Waals surface area contributed by atoms with Gasteiger partial charge in [0.1, 0.15) is 0 Å². The van der Waals surface area contributed by atoms with Crippen LogP contribution in [0.1, 0.15) is 0 Å². The van der Waals surface area contributed by atoms with E-state index in [2.05, 4.69) is 0 Å². The second-order valence-electron chi connectivity index (χ2n) is 9.96. The van der Waals surface area contributed by atoms with E-state index in [-0.39, 0.29) is 0 Å². The first kappa shape index (κ1) is 55.9. The maximum absolute atomic E-state index is 13.7. The topological polar surface area (TPSA) is 89.8 Å². The fraction of sp³-hybridized carbons (Fsp3) is 1.00. The summed E-state index contributed by atoms with van der Waals surface area (Å²) in [4.78, 5) is 21.6. The number of alkyl halides is 32.